The first-order valence-electron chi connectivity index (χ1n) is 6.28. The molecule has 1 heteroatoms. The van der Waals surface area contributed by atoms with Gasteiger partial charge in [-0.3, -0.25) is 0 Å². The van der Waals surface area contributed by atoms with E-state index in [-0.39, 0.29) is 0 Å². The fourth-order valence-corrected chi connectivity index (χ4v) is 2.38. The highest BCUT2D eigenvalue weighted by Gasteiger charge is 2.11. The van der Waals surface area contributed by atoms with Crippen molar-refractivity contribution in [3.8, 4) is 0 Å². The molecule has 1 aromatic rings. The summed E-state index contributed by atoms with van der Waals surface area (Å²) < 4.78 is 0. The molecule has 0 fully saturated rings. The van der Waals surface area contributed by atoms with Gasteiger partial charge >= 0.3 is 0 Å². The molecule has 1 aliphatic carbocycles. The molecular formula is C15H20O. The fourth-order valence-electron chi connectivity index (χ4n) is 2.38. The van der Waals surface area contributed by atoms with Gasteiger partial charge in [0.05, 0.1) is 5.76 Å². The van der Waals surface area contributed by atoms with Crippen LogP contribution in [0.25, 0.3) is 0 Å². The molecule has 1 atom stereocenters. The minimum atomic E-state index is 0.572. The summed E-state index contributed by atoms with van der Waals surface area (Å²) in [6.45, 7) is 0. The molecule has 0 aromatic heterocycles. The van der Waals surface area contributed by atoms with Crippen LogP contribution < -0.4 is 0 Å². The Morgan fingerprint density at radius 3 is 2.75 bits per heavy atom. The van der Waals surface area contributed by atoms with Gasteiger partial charge in [-0.05, 0) is 43.2 Å². The molecule has 1 nitrogen and oxygen atoms in total. The van der Waals surface area contributed by atoms with Crippen molar-refractivity contribution in [1.82, 2.24) is 0 Å². The van der Waals surface area contributed by atoms with E-state index in [0.29, 0.717) is 11.7 Å². The van der Waals surface area contributed by atoms with Crippen LogP contribution in [-0.2, 0) is 6.42 Å². The maximum Gasteiger partial charge on any atom is 0.0885 e. The van der Waals surface area contributed by atoms with Crippen LogP contribution in [0.4, 0.5) is 0 Å². The van der Waals surface area contributed by atoms with Crippen molar-refractivity contribution in [3.63, 3.8) is 0 Å². The average molecular weight is 216 g/mol. The smallest absolute Gasteiger partial charge is 0.0885 e. The van der Waals surface area contributed by atoms with Gasteiger partial charge in [0, 0.05) is 6.42 Å². The third kappa shape index (κ3) is 3.41. The number of allylic oxidation sites excluding steroid dienone is 2. The largest absolute Gasteiger partial charge is 0.513 e. The van der Waals surface area contributed by atoms with Crippen molar-refractivity contribution >= 4 is 0 Å². The lowest BCUT2D eigenvalue weighted by molar-refractivity contribution is 0.383. The van der Waals surface area contributed by atoms with Crippen molar-refractivity contribution in [2.75, 3.05) is 0 Å². The van der Waals surface area contributed by atoms with E-state index in [0.717, 1.165) is 25.7 Å². The van der Waals surface area contributed by atoms with E-state index in [4.69, 9.17) is 0 Å². The van der Waals surface area contributed by atoms with Gasteiger partial charge < -0.3 is 5.11 Å². The van der Waals surface area contributed by atoms with Crippen LogP contribution in [0.15, 0.2) is 42.2 Å². The predicted molar refractivity (Wildman–Crippen MR) is 67.4 cm³/mol. The van der Waals surface area contributed by atoms with Gasteiger partial charge in [-0.1, -0.05) is 36.8 Å². The van der Waals surface area contributed by atoms with E-state index < -0.39 is 0 Å². The number of aliphatic hydroxyl groups excluding tert-OH is 1. The molecule has 0 aliphatic heterocycles. The molecule has 0 amide bonds. The average Bonchev–Trinajstić information content (AvgIpc) is 2.52. The third-order valence-electron chi connectivity index (χ3n) is 3.33. The second-order valence-corrected chi connectivity index (χ2v) is 4.69. The van der Waals surface area contributed by atoms with Crippen LogP contribution in [0, 0.1) is 5.92 Å². The standard InChI is InChI=1S/C15H20O/c16-15-9-5-4-8-14(12-15)11-10-13-6-2-1-3-7-13/h1-3,6-7,12,14,16H,4-5,8-11H2/t14-/m1/s1. The summed E-state index contributed by atoms with van der Waals surface area (Å²) in [7, 11) is 0. The Hall–Kier alpha value is -1.24. The van der Waals surface area contributed by atoms with E-state index in [1.165, 1.54) is 18.4 Å². The van der Waals surface area contributed by atoms with Crippen LogP contribution in [0.2, 0.25) is 0 Å². The van der Waals surface area contributed by atoms with Crippen LogP contribution >= 0.6 is 0 Å². The zero-order chi connectivity index (χ0) is 11.2. The molecule has 1 N–H and O–H groups in total. The molecule has 0 unspecified atom stereocenters. The number of aliphatic hydroxyl groups is 1. The number of hydrogen-bond donors (Lipinski definition) is 1. The Morgan fingerprint density at radius 1 is 1.12 bits per heavy atom. The van der Waals surface area contributed by atoms with E-state index >= 15 is 0 Å². The van der Waals surface area contributed by atoms with Gasteiger partial charge in [0.25, 0.3) is 0 Å². The van der Waals surface area contributed by atoms with Gasteiger partial charge in [0.15, 0.2) is 0 Å². The first-order chi connectivity index (χ1) is 7.84. The Balaban J connectivity index is 1.87. The Morgan fingerprint density at radius 2 is 1.94 bits per heavy atom. The zero-order valence-electron chi connectivity index (χ0n) is 9.73. The van der Waals surface area contributed by atoms with Crippen LogP contribution in [-0.4, -0.2) is 5.11 Å². The van der Waals surface area contributed by atoms with Crippen LogP contribution in [0.5, 0.6) is 0 Å². The SMILES string of the molecule is OC1=C[C@@H](CCc2ccccc2)CCCC1. The third-order valence-corrected chi connectivity index (χ3v) is 3.33. The maximum atomic E-state index is 9.62. The van der Waals surface area contributed by atoms with E-state index in [1.807, 2.05) is 0 Å². The normalized spacial score (nSPS) is 21.2. The van der Waals surface area contributed by atoms with Crippen molar-refractivity contribution in [2.45, 2.75) is 38.5 Å². The van der Waals surface area contributed by atoms with Gasteiger partial charge in [-0.15, -0.1) is 0 Å². The lowest BCUT2D eigenvalue weighted by Crippen LogP contribution is -1.98. The molecule has 86 valence electrons. The Kier molecular flexibility index (Phi) is 4.03. The zero-order valence-corrected chi connectivity index (χ0v) is 9.73. The van der Waals surface area contributed by atoms with Gasteiger partial charge in [0.1, 0.15) is 0 Å². The number of benzene rings is 1. The molecule has 0 spiro atoms. The summed E-state index contributed by atoms with van der Waals surface area (Å²) in [4.78, 5) is 0. The molecule has 0 saturated heterocycles. The van der Waals surface area contributed by atoms with Crippen molar-refractivity contribution in [3.05, 3.63) is 47.7 Å². The summed E-state index contributed by atoms with van der Waals surface area (Å²) in [6.07, 6.45) is 8.86. The first-order valence-corrected chi connectivity index (χ1v) is 6.28. The van der Waals surface area contributed by atoms with Gasteiger partial charge in [-0.25, -0.2) is 0 Å². The van der Waals surface area contributed by atoms with Crippen molar-refractivity contribution in [1.29, 1.82) is 0 Å². The van der Waals surface area contributed by atoms with E-state index in [9.17, 15) is 5.11 Å². The van der Waals surface area contributed by atoms with Crippen LogP contribution in [0.1, 0.15) is 37.7 Å². The molecule has 0 heterocycles. The fraction of sp³-hybridized carbons (Fsp3) is 0.467. The lowest BCUT2D eigenvalue weighted by Gasteiger charge is -2.10. The Labute approximate surface area is 97.8 Å². The quantitative estimate of drug-likeness (QED) is 0.800. The van der Waals surface area contributed by atoms with Crippen molar-refractivity contribution < 1.29 is 5.11 Å². The maximum absolute atomic E-state index is 9.62. The molecule has 1 aromatic carbocycles. The number of rotatable bonds is 3. The van der Waals surface area contributed by atoms with Gasteiger partial charge in [-0.2, -0.15) is 0 Å². The summed E-state index contributed by atoms with van der Waals surface area (Å²) in [6, 6.07) is 10.6. The molecule has 2 rings (SSSR count). The minimum Gasteiger partial charge on any atom is -0.513 e. The summed E-state index contributed by atoms with van der Waals surface area (Å²) in [5.41, 5.74) is 1.40. The number of hydrogen-bond acceptors (Lipinski definition) is 1. The lowest BCUT2D eigenvalue weighted by atomic mass is 9.95. The predicted octanol–water partition coefficient (Wildman–Crippen LogP) is 4.25. The monoisotopic (exact) mass is 216 g/mol. The summed E-state index contributed by atoms with van der Waals surface area (Å²) in [5, 5.41) is 9.62. The highest BCUT2D eigenvalue weighted by atomic mass is 16.3. The van der Waals surface area contributed by atoms with E-state index in [1.54, 1.807) is 0 Å². The molecular weight excluding hydrogens is 196 g/mol. The highest BCUT2D eigenvalue weighted by Crippen LogP contribution is 2.24. The summed E-state index contributed by atoms with van der Waals surface area (Å²) >= 11 is 0. The minimum absolute atomic E-state index is 0.572. The molecule has 1 aliphatic rings. The van der Waals surface area contributed by atoms with Crippen molar-refractivity contribution in [2.24, 2.45) is 5.92 Å². The van der Waals surface area contributed by atoms with Crippen LogP contribution in [0.3, 0.4) is 0 Å². The van der Waals surface area contributed by atoms with Gasteiger partial charge in [0.2, 0.25) is 0 Å². The molecule has 0 saturated carbocycles. The number of aryl methyl sites for hydroxylation is 1. The summed E-state index contributed by atoms with van der Waals surface area (Å²) in [5.74, 6) is 1.18. The molecule has 0 radical (unpaired) electrons. The second kappa shape index (κ2) is 5.74. The highest BCUT2D eigenvalue weighted by molar-refractivity contribution is 5.15. The second-order valence-electron chi connectivity index (χ2n) is 4.69. The van der Waals surface area contributed by atoms with E-state index in [2.05, 4.69) is 36.4 Å². The first kappa shape index (κ1) is 11.3. The molecule has 0 bridgehead atoms. The Bertz CT molecular complexity index is 340. The molecule has 16 heavy (non-hydrogen) atoms. The topological polar surface area (TPSA) is 20.2 Å².